The van der Waals surface area contributed by atoms with Crippen LogP contribution in [-0.2, 0) is 16.1 Å². The lowest BCUT2D eigenvalue weighted by atomic mass is 9.99. The van der Waals surface area contributed by atoms with Gasteiger partial charge in [0.15, 0.2) is 23.1 Å². The van der Waals surface area contributed by atoms with Crippen LogP contribution >= 0.6 is 11.6 Å². The molecule has 1 fully saturated rings. The van der Waals surface area contributed by atoms with Crippen LogP contribution < -0.4 is 30.2 Å². The van der Waals surface area contributed by atoms with Crippen molar-refractivity contribution >= 4 is 40.0 Å². The van der Waals surface area contributed by atoms with Crippen molar-refractivity contribution in [2.45, 2.75) is 19.4 Å². The van der Waals surface area contributed by atoms with Crippen LogP contribution in [0.1, 0.15) is 18.4 Å². The van der Waals surface area contributed by atoms with E-state index in [2.05, 4.69) is 20.9 Å². The van der Waals surface area contributed by atoms with E-state index in [-0.39, 0.29) is 18.0 Å². The number of amides is 2. The summed E-state index contributed by atoms with van der Waals surface area (Å²) in [6, 6.07) is 16.0. The van der Waals surface area contributed by atoms with E-state index in [4.69, 9.17) is 25.8 Å². The molecule has 0 aliphatic carbocycles. The SMILES string of the molecule is COc1c(OCC2CCNCC2)ccc2c(Oc3ccc(NC(=O)C(=O)NCc4cccc(Cl)c4)cc3F)ccnc12. The first-order valence-electron chi connectivity index (χ1n) is 13.5. The Morgan fingerprint density at radius 3 is 2.60 bits per heavy atom. The molecule has 0 spiro atoms. The van der Waals surface area contributed by atoms with Crippen LogP contribution in [0.25, 0.3) is 10.9 Å². The minimum atomic E-state index is -0.935. The number of ether oxygens (including phenoxy) is 3. The van der Waals surface area contributed by atoms with Crippen molar-refractivity contribution in [1.82, 2.24) is 15.6 Å². The predicted octanol–water partition coefficient (Wildman–Crippen LogP) is 5.46. The molecule has 0 bridgehead atoms. The number of halogens is 2. The quantitative estimate of drug-likeness (QED) is 0.221. The van der Waals surface area contributed by atoms with Crippen LogP contribution in [0.5, 0.6) is 23.0 Å². The van der Waals surface area contributed by atoms with E-state index in [1.54, 1.807) is 55.8 Å². The minimum absolute atomic E-state index is 0.0730. The Kier molecular flexibility index (Phi) is 9.35. The molecule has 4 aromatic rings. The first-order chi connectivity index (χ1) is 20.4. The Labute approximate surface area is 247 Å². The molecular formula is C31H30ClFN4O5. The van der Waals surface area contributed by atoms with E-state index < -0.39 is 17.6 Å². The number of pyridine rings is 1. The van der Waals surface area contributed by atoms with Gasteiger partial charge in [-0.2, -0.15) is 0 Å². The second-order valence-corrected chi connectivity index (χ2v) is 10.3. The number of fused-ring (bicyclic) bond motifs is 1. The summed E-state index contributed by atoms with van der Waals surface area (Å²) in [5, 5.41) is 9.37. The maximum Gasteiger partial charge on any atom is 0.313 e. The first-order valence-corrected chi connectivity index (χ1v) is 13.9. The maximum atomic E-state index is 15.0. The highest BCUT2D eigenvalue weighted by Crippen LogP contribution is 2.40. The molecule has 0 radical (unpaired) electrons. The smallest absolute Gasteiger partial charge is 0.313 e. The standard InChI is InChI=1S/C31H30ClFN4O5/c1-40-29-27(41-18-19-9-12-34-13-10-19)8-6-23-25(11-14-35-28(23)29)42-26-7-5-22(16-24(26)33)37-31(39)30(38)36-17-20-3-2-4-21(32)15-20/h2-8,11,14-16,19,34H,9-10,12-13,17-18H2,1H3,(H,36,38)(H,37,39). The van der Waals surface area contributed by atoms with Gasteiger partial charge in [-0.05, 0) is 79.9 Å². The highest BCUT2D eigenvalue weighted by Gasteiger charge is 2.19. The van der Waals surface area contributed by atoms with Gasteiger partial charge in [0.2, 0.25) is 0 Å². The van der Waals surface area contributed by atoms with Crippen molar-refractivity contribution in [2.24, 2.45) is 5.92 Å². The third-order valence-electron chi connectivity index (χ3n) is 6.89. The summed E-state index contributed by atoms with van der Waals surface area (Å²) in [5.74, 6) is -0.729. The first kappa shape index (κ1) is 29.1. The fraction of sp³-hybridized carbons (Fsp3) is 0.258. The molecule has 0 saturated carbocycles. The molecular weight excluding hydrogens is 563 g/mol. The molecule has 5 rings (SSSR count). The van der Waals surface area contributed by atoms with Gasteiger partial charge in [-0.1, -0.05) is 23.7 Å². The molecule has 3 aromatic carbocycles. The van der Waals surface area contributed by atoms with E-state index in [0.29, 0.717) is 45.7 Å². The summed E-state index contributed by atoms with van der Waals surface area (Å²) in [7, 11) is 1.55. The van der Waals surface area contributed by atoms with Crippen molar-refractivity contribution in [2.75, 3.05) is 32.1 Å². The van der Waals surface area contributed by atoms with Crippen molar-refractivity contribution < 1.29 is 28.2 Å². The number of nitrogens with one attached hydrogen (secondary N) is 3. The zero-order valence-corrected chi connectivity index (χ0v) is 23.7. The monoisotopic (exact) mass is 592 g/mol. The fourth-order valence-corrected chi connectivity index (χ4v) is 4.89. The lowest BCUT2D eigenvalue weighted by molar-refractivity contribution is -0.136. The lowest BCUT2D eigenvalue weighted by Crippen LogP contribution is -2.34. The number of methoxy groups -OCH3 is 1. The van der Waals surface area contributed by atoms with Gasteiger partial charge in [0, 0.05) is 34.9 Å². The molecule has 42 heavy (non-hydrogen) atoms. The van der Waals surface area contributed by atoms with E-state index in [9.17, 15) is 9.59 Å². The van der Waals surface area contributed by atoms with Crippen LogP contribution in [0.3, 0.4) is 0 Å². The number of aromatic nitrogens is 1. The molecule has 2 amide bonds. The third-order valence-corrected chi connectivity index (χ3v) is 7.12. The predicted molar refractivity (Wildman–Crippen MR) is 158 cm³/mol. The van der Waals surface area contributed by atoms with Gasteiger partial charge in [0.1, 0.15) is 11.3 Å². The molecule has 218 valence electrons. The number of hydrogen-bond donors (Lipinski definition) is 3. The molecule has 1 aliphatic heterocycles. The molecule has 2 heterocycles. The molecule has 1 saturated heterocycles. The van der Waals surface area contributed by atoms with E-state index in [0.717, 1.165) is 37.6 Å². The maximum absolute atomic E-state index is 15.0. The minimum Gasteiger partial charge on any atom is -0.491 e. The molecule has 9 nitrogen and oxygen atoms in total. The average Bonchev–Trinajstić information content (AvgIpc) is 3.00. The number of anilines is 1. The number of carbonyl (C=O) groups excluding carboxylic acids is 2. The van der Waals surface area contributed by atoms with Gasteiger partial charge in [-0.15, -0.1) is 0 Å². The summed E-state index contributed by atoms with van der Waals surface area (Å²) in [6.45, 7) is 2.66. The molecule has 3 N–H and O–H groups in total. The number of carbonyl (C=O) groups is 2. The summed E-state index contributed by atoms with van der Waals surface area (Å²) < 4.78 is 32.7. The van der Waals surface area contributed by atoms with Crippen molar-refractivity contribution in [1.29, 1.82) is 0 Å². The van der Waals surface area contributed by atoms with Crippen LogP contribution in [0, 0.1) is 11.7 Å². The van der Waals surface area contributed by atoms with Crippen LogP contribution in [0.2, 0.25) is 5.02 Å². The summed E-state index contributed by atoms with van der Waals surface area (Å²) >= 11 is 5.94. The Morgan fingerprint density at radius 1 is 1.02 bits per heavy atom. The van der Waals surface area contributed by atoms with Crippen LogP contribution in [0.4, 0.5) is 10.1 Å². The van der Waals surface area contributed by atoms with Gasteiger partial charge in [0.05, 0.1) is 13.7 Å². The van der Waals surface area contributed by atoms with Crippen molar-refractivity contribution in [3.63, 3.8) is 0 Å². The molecule has 0 unspecified atom stereocenters. The van der Waals surface area contributed by atoms with E-state index in [1.807, 2.05) is 0 Å². The molecule has 1 aliphatic rings. The Balaban J connectivity index is 1.25. The second kappa shape index (κ2) is 13.5. The van der Waals surface area contributed by atoms with Gasteiger partial charge in [-0.25, -0.2) is 4.39 Å². The number of rotatable bonds is 9. The normalized spacial score (nSPS) is 13.4. The number of benzene rings is 3. The molecule has 0 atom stereocenters. The van der Waals surface area contributed by atoms with Gasteiger partial charge in [0.25, 0.3) is 0 Å². The van der Waals surface area contributed by atoms with Gasteiger partial charge >= 0.3 is 11.8 Å². The average molecular weight is 593 g/mol. The van der Waals surface area contributed by atoms with Crippen molar-refractivity contribution in [3.05, 3.63) is 83.3 Å². The van der Waals surface area contributed by atoms with Crippen LogP contribution in [-0.4, -0.2) is 43.6 Å². The topological polar surface area (TPSA) is 111 Å². The highest BCUT2D eigenvalue weighted by molar-refractivity contribution is 6.39. The Bertz CT molecular complexity index is 1600. The second-order valence-electron chi connectivity index (χ2n) is 9.82. The highest BCUT2D eigenvalue weighted by atomic mass is 35.5. The lowest BCUT2D eigenvalue weighted by Gasteiger charge is -2.23. The Hall–Kier alpha value is -4.41. The van der Waals surface area contributed by atoms with Gasteiger partial charge < -0.3 is 30.2 Å². The Morgan fingerprint density at radius 2 is 1.83 bits per heavy atom. The van der Waals surface area contributed by atoms with Crippen LogP contribution in [0.15, 0.2) is 66.9 Å². The largest absolute Gasteiger partial charge is 0.491 e. The zero-order valence-electron chi connectivity index (χ0n) is 22.9. The van der Waals surface area contributed by atoms with E-state index in [1.165, 1.54) is 12.1 Å². The summed E-state index contributed by atoms with van der Waals surface area (Å²) in [4.78, 5) is 29.0. The van der Waals surface area contributed by atoms with Gasteiger partial charge in [-0.3, -0.25) is 14.6 Å². The summed E-state index contributed by atoms with van der Waals surface area (Å²) in [5.41, 5.74) is 1.35. The number of piperidine rings is 1. The fourth-order valence-electron chi connectivity index (χ4n) is 4.68. The van der Waals surface area contributed by atoms with Crippen molar-refractivity contribution in [3.8, 4) is 23.0 Å². The van der Waals surface area contributed by atoms with E-state index >= 15 is 4.39 Å². The molecule has 11 heteroatoms. The third kappa shape index (κ3) is 7.07. The molecule has 1 aromatic heterocycles. The number of nitrogens with zero attached hydrogens (tertiary/aromatic N) is 1. The number of hydrogen-bond acceptors (Lipinski definition) is 7. The summed E-state index contributed by atoms with van der Waals surface area (Å²) in [6.07, 6.45) is 3.65. The zero-order chi connectivity index (χ0) is 29.5.